The maximum Gasteiger partial charge on any atom is 0.408 e. The molecule has 0 bridgehead atoms. The number of H-pyrrole nitrogens is 2. The average Bonchev–Trinajstić information content (AvgIpc) is 3.64. The lowest BCUT2D eigenvalue weighted by Crippen LogP contribution is -2.20. The van der Waals surface area contributed by atoms with Gasteiger partial charge in [0.2, 0.25) is 0 Å². The van der Waals surface area contributed by atoms with Crippen LogP contribution < -0.4 is 5.69 Å². The zero-order chi connectivity index (χ0) is 23.1. The lowest BCUT2D eigenvalue weighted by Gasteiger charge is -2.13. The van der Waals surface area contributed by atoms with E-state index in [-0.39, 0.29) is 17.5 Å². The number of halogens is 3. The second kappa shape index (κ2) is 6.85. The Bertz CT molecular complexity index is 1430. The van der Waals surface area contributed by atoms with E-state index in [0.29, 0.717) is 39.4 Å². The molecule has 6 rings (SSSR count). The number of benzene rings is 1. The zero-order valence-electron chi connectivity index (χ0n) is 18.1. The number of aryl methyl sites for hydroxylation is 2. The van der Waals surface area contributed by atoms with Crippen LogP contribution in [0.3, 0.4) is 0 Å². The molecule has 2 aliphatic carbocycles. The van der Waals surface area contributed by atoms with Crippen LogP contribution in [0.2, 0.25) is 0 Å². The zero-order valence-corrected chi connectivity index (χ0v) is 18.1. The number of rotatable bonds is 5. The van der Waals surface area contributed by atoms with E-state index < -0.39 is 12.7 Å². The van der Waals surface area contributed by atoms with Gasteiger partial charge >= 0.3 is 11.9 Å². The molecular formula is C23H22F3N5O2. The molecule has 3 aromatic heterocycles. The van der Waals surface area contributed by atoms with E-state index in [0.717, 1.165) is 47.1 Å². The summed E-state index contributed by atoms with van der Waals surface area (Å²) in [7, 11) is 0. The van der Waals surface area contributed by atoms with Crippen LogP contribution in [0.1, 0.15) is 60.4 Å². The largest absolute Gasteiger partial charge is 0.408 e. The Labute approximate surface area is 186 Å². The Kier molecular flexibility index (Phi) is 4.22. The molecule has 0 unspecified atom stereocenters. The number of alkyl halides is 3. The number of nitrogens with one attached hydrogen (secondary N) is 2. The van der Waals surface area contributed by atoms with Crippen molar-refractivity contribution in [3.63, 3.8) is 0 Å². The van der Waals surface area contributed by atoms with Gasteiger partial charge in [0.05, 0.1) is 28.1 Å². The highest BCUT2D eigenvalue weighted by atomic mass is 19.4. The first-order valence-electron chi connectivity index (χ1n) is 11.1. The molecule has 4 aromatic rings. The lowest BCUT2D eigenvalue weighted by molar-refractivity contribution is -0.143. The van der Waals surface area contributed by atoms with Crippen LogP contribution in [0.5, 0.6) is 0 Å². The summed E-state index contributed by atoms with van der Waals surface area (Å²) >= 11 is 0. The molecule has 0 aliphatic heterocycles. The monoisotopic (exact) mass is 457 g/mol. The van der Waals surface area contributed by atoms with Gasteiger partial charge in [-0.1, -0.05) is 5.16 Å². The molecule has 7 nitrogen and oxygen atoms in total. The molecule has 10 heteroatoms. The molecule has 172 valence electrons. The first-order chi connectivity index (χ1) is 15.7. The summed E-state index contributed by atoms with van der Waals surface area (Å²) in [6, 6.07) is 3.77. The number of fused-ring (bicyclic) bond motifs is 1. The molecule has 3 heterocycles. The second-order valence-corrected chi connectivity index (χ2v) is 9.19. The minimum atomic E-state index is -4.37. The minimum Gasteiger partial charge on any atom is -0.361 e. The Morgan fingerprint density at radius 2 is 1.82 bits per heavy atom. The fraction of sp³-hybridized carbons (Fsp3) is 0.435. The normalized spacial score (nSPS) is 16.8. The van der Waals surface area contributed by atoms with E-state index in [2.05, 4.69) is 20.2 Å². The van der Waals surface area contributed by atoms with Gasteiger partial charge in [0.1, 0.15) is 12.3 Å². The first-order valence-corrected chi connectivity index (χ1v) is 11.1. The van der Waals surface area contributed by atoms with Gasteiger partial charge in [-0.05, 0) is 57.2 Å². The third-order valence-electron chi connectivity index (χ3n) is 6.49. The number of hydrogen-bond donors (Lipinski definition) is 2. The van der Waals surface area contributed by atoms with Crippen molar-refractivity contribution < 1.29 is 17.7 Å². The smallest absolute Gasteiger partial charge is 0.361 e. The molecule has 0 spiro atoms. The van der Waals surface area contributed by atoms with Gasteiger partial charge in [-0.15, -0.1) is 0 Å². The van der Waals surface area contributed by atoms with Gasteiger partial charge in [-0.25, -0.2) is 4.79 Å². The van der Waals surface area contributed by atoms with Crippen molar-refractivity contribution in [1.29, 1.82) is 0 Å². The van der Waals surface area contributed by atoms with E-state index in [1.54, 1.807) is 0 Å². The van der Waals surface area contributed by atoms with Crippen LogP contribution in [-0.2, 0) is 6.54 Å². The summed E-state index contributed by atoms with van der Waals surface area (Å²) in [6.45, 7) is 2.53. The van der Waals surface area contributed by atoms with E-state index in [1.165, 1.54) is 0 Å². The predicted molar refractivity (Wildman–Crippen MR) is 115 cm³/mol. The van der Waals surface area contributed by atoms with Gasteiger partial charge in [0.25, 0.3) is 0 Å². The van der Waals surface area contributed by atoms with E-state index in [9.17, 15) is 18.0 Å². The predicted octanol–water partition coefficient (Wildman–Crippen LogP) is 5.31. The van der Waals surface area contributed by atoms with Gasteiger partial charge in [-0.3, -0.25) is 4.68 Å². The minimum absolute atomic E-state index is 0.0331. The summed E-state index contributed by atoms with van der Waals surface area (Å²) in [6.07, 6.45) is -0.912. The Hall–Kier alpha value is -3.30. The third kappa shape index (κ3) is 3.48. The Morgan fingerprint density at radius 1 is 1.09 bits per heavy atom. The number of aromatic nitrogens is 5. The van der Waals surface area contributed by atoms with Crippen molar-refractivity contribution in [1.82, 2.24) is 24.9 Å². The molecule has 0 amide bonds. The van der Waals surface area contributed by atoms with Gasteiger partial charge < -0.3 is 14.5 Å². The van der Waals surface area contributed by atoms with Crippen molar-refractivity contribution in [2.75, 3.05) is 0 Å². The maximum absolute atomic E-state index is 13.4. The van der Waals surface area contributed by atoms with Crippen LogP contribution >= 0.6 is 0 Å². The van der Waals surface area contributed by atoms with Gasteiger partial charge in [0, 0.05) is 28.5 Å². The SMILES string of the molecule is Cc1noc(C)c1-c1cc(-c2c(C3CC3)nn(CC(F)(F)F)c2C2CC2)c2[nH]c(=O)[nH]c2c1. The van der Waals surface area contributed by atoms with E-state index >= 15 is 0 Å². The maximum atomic E-state index is 13.4. The lowest BCUT2D eigenvalue weighted by atomic mass is 9.93. The first kappa shape index (κ1) is 20.3. The molecule has 2 fully saturated rings. The van der Waals surface area contributed by atoms with Crippen LogP contribution in [0.15, 0.2) is 21.5 Å². The number of imidazole rings is 1. The number of hydrogen-bond acceptors (Lipinski definition) is 4. The molecular weight excluding hydrogens is 435 g/mol. The quantitative estimate of drug-likeness (QED) is 0.425. The summed E-state index contributed by atoms with van der Waals surface area (Å²) in [5, 5.41) is 8.54. The topological polar surface area (TPSA) is 92.5 Å². The van der Waals surface area contributed by atoms with E-state index in [1.807, 2.05) is 26.0 Å². The summed E-state index contributed by atoms with van der Waals surface area (Å²) in [5.41, 5.74) is 5.83. The van der Waals surface area contributed by atoms with E-state index in [4.69, 9.17) is 4.52 Å². The second-order valence-electron chi connectivity index (χ2n) is 9.19. The van der Waals surface area contributed by atoms with Crippen molar-refractivity contribution in [3.8, 4) is 22.3 Å². The molecule has 2 saturated carbocycles. The molecule has 0 saturated heterocycles. The summed E-state index contributed by atoms with van der Waals surface area (Å²) < 4.78 is 46.8. The highest BCUT2D eigenvalue weighted by Gasteiger charge is 2.41. The molecule has 0 atom stereocenters. The molecule has 2 aliphatic rings. The highest BCUT2D eigenvalue weighted by Crippen LogP contribution is 2.52. The van der Waals surface area contributed by atoms with Crippen LogP contribution in [0.25, 0.3) is 33.3 Å². The molecule has 1 aromatic carbocycles. The van der Waals surface area contributed by atoms with Gasteiger partial charge in [0.15, 0.2) is 0 Å². The standard InChI is InChI=1S/C23H22F3N5O2/c1-10-17(11(2)33-30-10)14-7-15(20-16(8-14)27-22(32)28-20)18-19(12-3-4-12)29-31(9-23(24,25)26)21(18)13-5-6-13/h7-8,12-13H,3-6,9H2,1-2H3,(H2,27,28,32). The fourth-order valence-corrected chi connectivity index (χ4v) is 4.85. The fourth-order valence-electron chi connectivity index (χ4n) is 4.85. The van der Waals surface area contributed by atoms with Gasteiger partial charge in [-0.2, -0.15) is 18.3 Å². The molecule has 0 radical (unpaired) electrons. The van der Waals surface area contributed by atoms with Crippen molar-refractivity contribution in [2.24, 2.45) is 0 Å². The third-order valence-corrected chi connectivity index (χ3v) is 6.49. The van der Waals surface area contributed by atoms with Crippen molar-refractivity contribution in [2.45, 2.75) is 64.1 Å². The molecule has 2 N–H and O–H groups in total. The Morgan fingerprint density at radius 3 is 2.42 bits per heavy atom. The summed E-state index contributed by atoms with van der Waals surface area (Å²) in [5.74, 6) is 0.800. The summed E-state index contributed by atoms with van der Waals surface area (Å²) in [4.78, 5) is 17.9. The van der Waals surface area contributed by atoms with Crippen molar-refractivity contribution >= 4 is 11.0 Å². The van der Waals surface area contributed by atoms with Crippen molar-refractivity contribution in [3.05, 3.63) is 45.5 Å². The van der Waals surface area contributed by atoms with Crippen LogP contribution in [0, 0.1) is 13.8 Å². The Balaban J connectivity index is 1.66. The van der Waals surface area contributed by atoms with Crippen LogP contribution in [-0.4, -0.2) is 31.1 Å². The molecule has 33 heavy (non-hydrogen) atoms. The number of aromatic amines is 2. The average molecular weight is 457 g/mol. The number of nitrogens with zero attached hydrogens (tertiary/aromatic N) is 3. The highest BCUT2D eigenvalue weighted by molar-refractivity contribution is 5.97. The van der Waals surface area contributed by atoms with Crippen LogP contribution in [0.4, 0.5) is 13.2 Å².